The minimum absolute atomic E-state index is 0.163. The van der Waals surface area contributed by atoms with E-state index in [1.54, 1.807) is 31.2 Å². The van der Waals surface area contributed by atoms with Gasteiger partial charge in [-0.25, -0.2) is 4.39 Å². The molecule has 27 heavy (non-hydrogen) atoms. The van der Waals surface area contributed by atoms with E-state index < -0.39 is 5.91 Å². The van der Waals surface area contributed by atoms with Crippen LogP contribution in [0.2, 0.25) is 5.02 Å². The maximum Gasteiger partial charge on any atom is 0.291 e. The lowest BCUT2D eigenvalue weighted by Crippen LogP contribution is -2.36. The third kappa shape index (κ3) is 3.38. The van der Waals surface area contributed by atoms with Gasteiger partial charge in [0.05, 0.1) is 23.9 Å². The molecule has 1 aliphatic rings. The van der Waals surface area contributed by atoms with Crippen LogP contribution < -0.4 is 10.2 Å². The molecule has 1 aromatic heterocycles. The van der Waals surface area contributed by atoms with Crippen molar-refractivity contribution < 1.29 is 18.3 Å². The summed E-state index contributed by atoms with van der Waals surface area (Å²) in [5.41, 5.74) is 2.02. The van der Waals surface area contributed by atoms with Crippen LogP contribution in [0.4, 0.5) is 15.8 Å². The standard InChI is InChI=1S/C20H18ClFN2O3/c1-12-14-3-2-4-15(21)19(14)27-18(12)20(25)23-13-5-6-17(16(22)11-13)24-7-9-26-10-8-24/h2-6,11H,7-10H2,1H3,(H,23,25). The van der Waals surface area contributed by atoms with Crippen LogP contribution in [0.1, 0.15) is 16.1 Å². The van der Waals surface area contributed by atoms with Gasteiger partial charge < -0.3 is 19.4 Å². The molecule has 0 atom stereocenters. The molecule has 7 heteroatoms. The highest BCUT2D eigenvalue weighted by Crippen LogP contribution is 2.31. The second kappa shape index (κ2) is 7.21. The molecule has 1 fully saturated rings. The average Bonchev–Trinajstić information content (AvgIpc) is 3.01. The number of benzene rings is 2. The number of carbonyl (C=O) groups is 1. The normalized spacial score (nSPS) is 14.6. The molecule has 140 valence electrons. The summed E-state index contributed by atoms with van der Waals surface area (Å²) in [6.45, 7) is 4.22. The molecule has 1 N–H and O–H groups in total. The largest absolute Gasteiger partial charge is 0.449 e. The Bertz CT molecular complexity index is 1010. The van der Waals surface area contributed by atoms with Gasteiger partial charge in [0, 0.05) is 29.7 Å². The van der Waals surface area contributed by atoms with Crippen molar-refractivity contribution in [2.24, 2.45) is 0 Å². The van der Waals surface area contributed by atoms with Crippen molar-refractivity contribution in [1.82, 2.24) is 0 Å². The van der Waals surface area contributed by atoms with E-state index in [1.807, 2.05) is 11.0 Å². The summed E-state index contributed by atoms with van der Waals surface area (Å²) in [4.78, 5) is 14.5. The summed E-state index contributed by atoms with van der Waals surface area (Å²) in [5.74, 6) is -0.673. The van der Waals surface area contributed by atoms with Gasteiger partial charge in [0.15, 0.2) is 11.3 Å². The Kier molecular flexibility index (Phi) is 4.76. The molecule has 0 aliphatic carbocycles. The van der Waals surface area contributed by atoms with Gasteiger partial charge in [-0.15, -0.1) is 0 Å². The van der Waals surface area contributed by atoms with Crippen molar-refractivity contribution in [3.05, 3.63) is 58.6 Å². The topological polar surface area (TPSA) is 54.7 Å². The molecule has 4 rings (SSSR count). The van der Waals surface area contributed by atoms with Crippen LogP contribution in [0.25, 0.3) is 11.0 Å². The fraction of sp³-hybridized carbons (Fsp3) is 0.250. The zero-order valence-corrected chi connectivity index (χ0v) is 15.5. The van der Waals surface area contributed by atoms with Gasteiger partial charge in [0.1, 0.15) is 5.82 Å². The van der Waals surface area contributed by atoms with Crippen LogP contribution in [0.15, 0.2) is 40.8 Å². The molecule has 2 aromatic carbocycles. The van der Waals surface area contributed by atoms with E-state index in [4.69, 9.17) is 20.8 Å². The van der Waals surface area contributed by atoms with Crippen LogP contribution in [0, 0.1) is 12.7 Å². The molecular formula is C20H18ClFN2O3. The average molecular weight is 389 g/mol. The van der Waals surface area contributed by atoms with Crippen molar-refractivity contribution in [3.63, 3.8) is 0 Å². The molecule has 5 nitrogen and oxygen atoms in total. The quantitative estimate of drug-likeness (QED) is 0.711. The number of ether oxygens (including phenoxy) is 1. The first-order valence-electron chi connectivity index (χ1n) is 8.66. The Hall–Kier alpha value is -2.57. The molecule has 1 saturated heterocycles. The van der Waals surface area contributed by atoms with E-state index in [1.165, 1.54) is 6.07 Å². The monoisotopic (exact) mass is 388 g/mol. The maximum atomic E-state index is 14.5. The number of furan rings is 1. The van der Waals surface area contributed by atoms with E-state index in [0.717, 1.165) is 5.39 Å². The van der Waals surface area contributed by atoms with E-state index >= 15 is 0 Å². The Morgan fingerprint density at radius 1 is 1.22 bits per heavy atom. The first kappa shape index (κ1) is 17.8. The Balaban J connectivity index is 1.57. The number of hydrogen-bond acceptors (Lipinski definition) is 4. The number of anilines is 2. The molecule has 2 heterocycles. The van der Waals surface area contributed by atoms with Crippen molar-refractivity contribution in [1.29, 1.82) is 0 Å². The van der Waals surface area contributed by atoms with Gasteiger partial charge >= 0.3 is 0 Å². The third-order valence-electron chi connectivity index (χ3n) is 4.68. The number of morpholine rings is 1. The smallest absolute Gasteiger partial charge is 0.291 e. The summed E-state index contributed by atoms with van der Waals surface area (Å²) in [5, 5.41) is 3.91. The number of hydrogen-bond donors (Lipinski definition) is 1. The van der Waals surface area contributed by atoms with Gasteiger partial charge in [-0.05, 0) is 31.2 Å². The van der Waals surface area contributed by atoms with Gasteiger partial charge in [-0.3, -0.25) is 4.79 Å². The van der Waals surface area contributed by atoms with Gasteiger partial charge in [-0.1, -0.05) is 23.7 Å². The highest BCUT2D eigenvalue weighted by atomic mass is 35.5. The summed E-state index contributed by atoms with van der Waals surface area (Å²) in [6.07, 6.45) is 0. The van der Waals surface area contributed by atoms with Gasteiger partial charge in [0.2, 0.25) is 0 Å². The molecule has 0 radical (unpaired) electrons. The molecule has 0 spiro atoms. The van der Waals surface area contributed by atoms with E-state index in [2.05, 4.69) is 5.32 Å². The second-order valence-corrected chi connectivity index (χ2v) is 6.80. The molecule has 1 aliphatic heterocycles. The summed E-state index contributed by atoms with van der Waals surface area (Å²) in [7, 11) is 0. The summed E-state index contributed by atoms with van der Waals surface area (Å²) < 4.78 is 25.5. The zero-order chi connectivity index (χ0) is 19.0. The van der Waals surface area contributed by atoms with Crippen molar-refractivity contribution in [2.45, 2.75) is 6.92 Å². The number of para-hydroxylation sites is 1. The highest BCUT2D eigenvalue weighted by Gasteiger charge is 2.20. The lowest BCUT2D eigenvalue weighted by atomic mass is 10.1. The number of rotatable bonds is 3. The zero-order valence-electron chi connectivity index (χ0n) is 14.7. The first-order chi connectivity index (χ1) is 13.0. The first-order valence-corrected chi connectivity index (χ1v) is 9.03. The lowest BCUT2D eigenvalue weighted by molar-refractivity contribution is 0.0998. The minimum atomic E-state index is -0.446. The molecular weight excluding hydrogens is 371 g/mol. The molecule has 0 bridgehead atoms. The number of nitrogens with one attached hydrogen (secondary N) is 1. The minimum Gasteiger partial charge on any atom is -0.449 e. The second-order valence-electron chi connectivity index (χ2n) is 6.39. The summed E-state index contributed by atoms with van der Waals surface area (Å²) >= 11 is 6.13. The Morgan fingerprint density at radius 3 is 2.70 bits per heavy atom. The van der Waals surface area contributed by atoms with Crippen LogP contribution in [0.5, 0.6) is 0 Å². The van der Waals surface area contributed by atoms with Crippen LogP contribution in [-0.4, -0.2) is 32.2 Å². The van der Waals surface area contributed by atoms with Gasteiger partial charge in [0.25, 0.3) is 5.91 Å². The SMILES string of the molecule is Cc1c(C(=O)Nc2ccc(N3CCOCC3)c(F)c2)oc2c(Cl)cccc12. The summed E-state index contributed by atoms with van der Waals surface area (Å²) in [6, 6.07) is 10.00. The van der Waals surface area contributed by atoms with Crippen LogP contribution in [0.3, 0.4) is 0 Å². The fourth-order valence-corrected chi connectivity index (χ4v) is 3.47. The van der Waals surface area contributed by atoms with Crippen molar-refractivity contribution in [3.8, 4) is 0 Å². The van der Waals surface area contributed by atoms with Crippen molar-refractivity contribution >= 4 is 39.9 Å². The third-order valence-corrected chi connectivity index (χ3v) is 4.98. The van der Waals surface area contributed by atoms with Crippen LogP contribution in [-0.2, 0) is 4.74 Å². The Morgan fingerprint density at radius 2 is 2.00 bits per heavy atom. The van der Waals surface area contributed by atoms with Gasteiger partial charge in [-0.2, -0.15) is 0 Å². The van der Waals surface area contributed by atoms with E-state index in [-0.39, 0.29) is 11.6 Å². The van der Waals surface area contributed by atoms with Crippen LogP contribution >= 0.6 is 11.6 Å². The molecule has 0 unspecified atom stereocenters. The predicted molar refractivity (Wildman–Crippen MR) is 103 cm³/mol. The molecule has 0 saturated carbocycles. The number of amides is 1. The lowest BCUT2D eigenvalue weighted by Gasteiger charge is -2.29. The Labute approximate surface area is 160 Å². The predicted octanol–water partition coefficient (Wildman–Crippen LogP) is 4.62. The highest BCUT2D eigenvalue weighted by molar-refractivity contribution is 6.35. The number of nitrogens with zero attached hydrogens (tertiary/aromatic N) is 1. The number of fused-ring (bicyclic) bond motifs is 1. The number of halogens is 2. The fourth-order valence-electron chi connectivity index (χ4n) is 3.26. The molecule has 1 amide bonds. The maximum absolute atomic E-state index is 14.5. The van der Waals surface area contributed by atoms with E-state index in [0.29, 0.717) is 53.8 Å². The van der Waals surface area contributed by atoms with E-state index in [9.17, 15) is 9.18 Å². The number of aryl methyl sites for hydroxylation is 1. The van der Waals surface area contributed by atoms with Crippen molar-refractivity contribution in [2.75, 3.05) is 36.5 Å². The number of carbonyl (C=O) groups excluding carboxylic acids is 1. The molecule has 3 aromatic rings.